The van der Waals surface area contributed by atoms with Crippen LogP contribution >= 0.6 is 0 Å². The zero-order chi connectivity index (χ0) is 14.1. The molecule has 0 bridgehead atoms. The van der Waals surface area contributed by atoms with Crippen molar-refractivity contribution >= 4 is 5.91 Å². The molecule has 2 aromatic rings. The number of nitrogens with zero attached hydrogens (tertiary/aromatic N) is 4. The van der Waals surface area contributed by atoms with Crippen LogP contribution in [-0.4, -0.2) is 38.7 Å². The molecule has 2 N–H and O–H groups in total. The van der Waals surface area contributed by atoms with Crippen LogP contribution in [0.15, 0.2) is 24.4 Å². The van der Waals surface area contributed by atoms with Crippen LogP contribution in [-0.2, 0) is 13.0 Å². The number of carbonyl (C=O) groups is 1. The minimum atomic E-state index is -0.478. The van der Waals surface area contributed by atoms with Gasteiger partial charge in [-0.05, 0) is 18.7 Å². The van der Waals surface area contributed by atoms with Crippen molar-refractivity contribution in [2.75, 3.05) is 13.1 Å². The van der Waals surface area contributed by atoms with Gasteiger partial charge in [-0.15, -0.1) is 0 Å². The van der Waals surface area contributed by atoms with Gasteiger partial charge in [0.15, 0.2) is 11.5 Å². The molecule has 0 saturated carbocycles. The average molecular weight is 271 g/mol. The number of nitrogens with two attached hydrogens (primary N) is 1. The second kappa shape index (κ2) is 5.05. The third-order valence-corrected chi connectivity index (χ3v) is 3.68. The summed E-state index contributed by atoms with van der Waals surface area (Å²) in [4.78, 5) is 18.2. The largest absolute Gasteiger partial charge is 0.364 e. The van der Waals surface area contributed by atoms with Gasteiger partial charge in [0.2, 0.25) is 0 Å². The molecule has 1 aliphatic heterocycles. The maximum Gasteiger partial charge on any atom is 0.269 e. The third-order valence-electron chi connectivity index (χ3n) is 3.68. The first kappa shape index (κ1) is 12.8. The van der Waals surface area contributed by atoms with Crippen molar-refractivity contribution in [3.8, 4) is 5.82 Å². The molecule has 104 valence electrons. The Hall–Kier alpha value is -2.21. The Morgan fingerprint density at radius 2 is 2.30 bits per heavy atom. The number of hydrogen-bond acceptors (Lipinski definition) is 4. The predicted molar refractivity (Wildman–Crippen MR) is 74.5 cm³/mol. The van der Waals surface area contributed by atoms with E-state index in [-0.39, 0.29) is 0 Å². The Bertz CT molecular complexity index is 635. The Balaban J connectivity index is 2.12. The average Bonchev–Trinajstić information content (AvgIpc) is 2.87. The fourth-order valence-electron chi connectivity index (χ4n) is 2.61. The number of fused-ring (bicyclic) bond motifs is 1. The lowest BCUT2D eigenvalue weighted by atomic mass is 10.0. The lowest BCUT2D eigenvalue weighted by Crippen LogP contribution is -2.31. The first-order valence-electron chi connectivity index (χ1n) is 6.75. The molecular weight excluding hydrogens is 254 g/mol. The van der Waals surface area contributed by atoms with E-state index in [9.17, 15) is 4.79 Å². The molecule has 0 saturated heterocycles. The van der Waals surface area contributed by atoms with E-state index in [0.717, 1.165) is 43.1 Å². The summed E-state index contributed by atoms with van der Waals surface area (Å²) in [5.41, 5.74) is 7.81. The van der Waals surface area contributed by atoms with Gasteiger partial charge in [-0.2, -0.15) is 5.10 Å². The highest BCUT2D eigenvalue weighted by Gasteiger charge is 2.27. The van der Waals surface area contributed by atoms with E-state index < -0.39 is 5.91 Å². The molecular formula is C14H17N5O. The van der Waals surface area contributed by atoms with Gasteiger partial charge in [0.1, 0.15) is 0 Å². The minimum absolute atomic E-state index is 0.365. The van der Waals surface area contributed by atoms with Gasteiger partial charge in [-0.1, -0.05) is 13.0 Å². The lowest BCUT2D eigenvalue weighted by molar-refractivity contribution is 0.0993. The summed E-state index contributed by atoms with van der Waals surface area (Å²) in [5.74, 6) is 0.245. The maximum absolute atomic E-state index is 11.6. The monoisotopic (exact) mass is 271 g/mol. The van der Waals surface area contributed by atoms with Crippen molar-refractivity contribution < 1.29 is 4.79 Å². The van der Waals surface area contributed by atoms with Gasteiger partial charge in [0.25, 0.3) is 5.91 Å². The van der Waals surface area contributed by atoms with Crippen LogP contribution < -0.4 is 5.73 Å². The predicted octanol–water partition coefficient (Wildman–Crippen LogP) is 0.744. The maximum atomic E-state index is 11.6. The van der Waals surface area contributed by atoms with Crippen molar-refractivity contribution in [3.05, 3.63) is 41.3 Å². The number of amides is 1. The highest BCUT2D eigenvalue weighted by atomic mass is 16.1. The Labute approximate surface area is 117 Å². The van der Waals surface area contributed by atoms with Crippen molar-refractivity contribution in [2.24, 2.45) is 5.73 Å². The van der Waals surface area contributed by atoms with Gasteiger partial charge >= 0.3 is 0 Å². The van der Waals surface area contributed by atoms with Crippen LogP contribution in [0.2, 0.25) is 0 Å². The number of primary amides is 1. The van der Waals surface area contributed by atoms with Crippen molar-refractivity contribution in [1.82, 2.24) is 19.7 Å². The molecule has 0 unspecified atom stereocenters. The molecule has 0 atom stereocenters. The molecule has 0 radical (unpaired) electrons. The van der Waals surface area contributed by atoms with Crippen LogP contribution in [0.3, 0.4) is 0 Å². The zero-order valence-electron chi connectivity index (χ0n) is 11.4. The molecule has 3 rings (SSSR count). The first-order chi connectivity index (χ1) is 9.70. The number of rotatable bonds is 3. The van der Waals surface area contributed by atoms with E-state index in [0.29, 0.717) is 5.69 Å². The molecule has 0 aliphatic carbocycles. The summed E-state index contributed by atoms with van der Waals surface area (Å²) in [6, 6.07) is 5.64. The highest BCUT2D eigenvalue weighted by molar-refractivity contribution is 5.92. The molecule has 0 aromatic carbocycles. The Morgan fingerprint density at radius 3 is 2.95 bits per heavy atom. The number of hydrogen-bond donors (Lipinski definition) is 1. The van der Waals surface area contributed by atoms with Gasteiger partial charge in [0.05, 0.1) is 5.69 Å². The first-order valence-corrected chi connectivity index (χ1v) is 6.75. The summed E-state index contributed by atoms with van der Waals surface area (Å²) in [6.07, 6.45) is 2.56. The standard InChI is InChI=1S/C14H17N5O/c1-2-18-8-6-11-10(9-18)13(14(15)20)17-19(11)12-5-3-4-7-16-12/h3-5,7H,2,6,8-9H2,1H3,(H2,15,20). The summed E-state index contributed by atoms with van der Waals surface area (Å²) < 4.78 is 1.75. The topological polar surface area (TPSA) is 77.0 Å². The van der Waals surface area contributed by atoms with Crippen molar-refractivity contribution in [2.45, 2.75) is 19.9 Å². The summed E-state index contributed by atoms with van der Waals surface area (Å²) >= 11 is 0. The van der Waals surface area contributed by atoms with Gasteiger partial charge < -0.3 is 5.73 Å². The van der Waals surface area contributed by atoms with Crippen molar-refractivity contribution in [3.63, 3.8) is 0 Å². The fourth-order valence-corrected chi connectivity index (χ4v) is 2.61. The van der Waals surface area contributed by atoms with E-state index in [1.807, 2.05) is 18.2 Å². The smallest absolute Gasteiger partial charge is 0.269 e. The Kier molecular flexibility index (Phi) is 3.23. The van der Waals surface area contributed by atoms with E-state index in [2.05, 4.69) is 21.9 Å². The molecule has 20 heavy (non-hydrogen) atoms. The molecule has 6 heteroatoms. The summed E-state index contributed by atoms with van der Waals surface area (Å²) in [6.45, 7) is 4.74. The zero-order valence-corrected chi connectivity index (χ0v) is 11.4. The normalized spacial score (nSPS) is 15.1. The quantitative estimate of drug-likeness (QED) is 0.893. The molecule has 1 aliphatic rings. The summed E-state index contributed by atoms with van der Waals surface area (Å²) in [7, 11) is 0. The molecule has 0 fully saturated rings. The van der Waals surface area contributed by atoms with Crippen LogP contribution in [0.25, 0.3) is 5.82 Å². The van der Waals surface area contributed by atoms with Gasteiger partial charge in [-0.25, -0.2) is 9.67 Å². The van der Waals surface area contributed by atoms with Crippen molar-refractivity contribution in [1.29, 1.82) is 0 Å². The van der Waals surface area contributed by atoms with E-state index in [1.165, 1.54) is 0 Å². The third kappa shape index (κ3) is 2.08. The highest BCUT2D eigenvalue weighted by Crippen LogP contribution is 2.24. The second-order valence-electron chi connectivity index (χ2n) is 4.86. The second-order valence-corrected chi connectivity index (χ2v) is 4.86. The van der Waals surface area contributed by atoms with E-state index in [1.54, 1.807) is 10.9 Å². The SMILES string of the molecule is CCN1CCc2c(c(C(N)=O)nn2-c2ccccn2)C1. The van der Waals surface area contributed by atoms with Crippen LogP contribution in [0.5, 0.6) is 0 Å². The van der Waals surface area contributed by atoms with E-state index in [4.69, 9.17) is 5.73 Å². The van der Waals surface area contributed by atoms with Crippen LogP contribution in [0.1, 0.15) is 28.7 Å². The molecule has 1 amide bonds. The van der Waals surface area contributed by atoms with Gasteiger partial charge in [-0.3, -0.25) is 9.69 Å². The number of pyridine rings is 1. The molecule has 3 heterocycles. The van der Waals surface area contributed by atoms with Crippen LogP contribution in [0, 0.1) is 0 Å². The molecule has 6 nitrogen and oxygen atoms in total. The number of likely N-dealkylation sites (N-methyl/N-ethyl adjacent to an activating group) is 1. The number of carbonyl (C=O) groups excluding carboxylic acids is 1. The van der Waals surface area contributed by atoms with E-state index >= 15 is 0 Å². The van der Waals surface area contributed by atoms with Gasteiger partial charge in [0, 0.05) is 31.3 Å². The summed E-state index contributed by atoms with van der Waals surface area (Å²) in [5, 5.41) is 4.38. The minimum Gasteiger partial charge on any atom is -0.364 e. The lowest BCUT2D eigenvalue weighted by Gasteiger charge is -2.25. The number of aromatic nitrogens is 3. The fraction of sp³-hybridized carbons (Fsp3) is 0.357. The Morgan fingerprint density at radius 1 is 1.45 bits per heavy atom. The van der Waals surface area contributed by atoms with Crippen LogP contribution in [0.4, 0.5) is 0 Å². The molecule has 2 aromatic heterocycles. The molecule has 0 spiro atoms.